The maximum atomic E-state index is 13.2. The highest BCUT2D eigenvalue weighted by Gasteiger charge is 2.36. The lowest BCUT2D eigenvalue weighted by Crippen LogP contribution is -2.30. The summed E-state index contributed by atoms with van der Waals surface area (Å²) in [5, 5.41) is 0.823. The molecule has 2 aliphatic rings. The minimum atomic E-state index is -4.48. The van der Waals surface area contributed by atoms with Crippen molar-refractivity contribution in [3.05, 3.63) is 64.0 Å². The minimum Gasteiger partial charge on any atom is -0.383 e. The van der Waals surface area contributed by atoms with E-state index >= 15 is 0 Å². The van der Waals surface area contributed by atoms with Gasteiger partial charge in [-0.25, -0.2) is 9.97 Å². The Balaban J connectivity index is 1.47. The highest BCUT2D eigenvalue weighted by molar-refractivity contribution is 5.99. The molecule has 3 heterocycles. The van der Waals surface area contributed by atoms with Gasteiger partial charge in [-0.15, -0.1) is 0 Å². The molecule has 5 rings (SSSR count). The first-order chi connectivity index (χ1) is 14.7. The number of alkyl halides is 3. The van der Waals surface area contributed by atoms with Gasteiger partial charge >= 0.3 is 6.18 Å². The van der Waals surface area contributed by atoms with E-state index in [0.29, 0.717) is 54.2 Å². The average Bonchev–Trinajstić information content (AvgIpc) is 3.39. The second-order valence-electron chi connectivity index (χ2n) is 7.88. The first-order valence-corrected chi connectivity index (χ1v) is 9.87. The molecule has 31 heavy (non-hydrogen) atoms. The van der Waals surface area contributed by atoms with E-state index in [2.05, 4.69) is 9.97 Å². The van der Waals surface area contributed by atoms with Gasteiger partial charge in [-0.3, -0.25) is 4.79 Å². The summed E-state index contributed by atoms with van der Waals surface area (Å²) in [6.07, 6.45) is -3.56. The Hall–Kier alpha value is -3.20. The van der Waals surface area contributed by atoms with Crippen molar-refractivity contribution in [2.24, 2.45) is 0 Å². The van der Waals surface area contributed by atoms with E-state index in [4.69, 9.17) is 10.5 Å². The molecule has 1 aliphatic heterocycles. The Morgan fingerprint density at radius 3 is 2.71 bits per heavy atom. The number of anilines is 1. The fraction of sp³-hybridized carbons (Fsp3) is 0.318. The molecule has 1 aliphatic carbocycles. The number of pyridine rings is 2. The molecule has 9 heteroatoms. The van der Waals surface area contributed by atoms with Gasteiger partial charge in [-0.2, -0.15) is 13.2 Å². The van der Waals surface area contributed by atoms with Gasteiger partial charge in [0, 0.05) is 29.3 Å². The number of benzene rings is 1. The van der Waals surface area contributed by atoms with Crippen molar-refractivity contribution >= 4 is 22.6 Å². The van der Waals surface area contributed by atoms with Crippen LogP contribution in [0.15, 0.2) is 30.3 Å². The van der Waals surface area contributed by atoms with E-state index in [9.17, 15) is 18.0 Å². The van der Waals surface area contributed by atoms with Crippen LogP contribution in [-0.2, 0) is 30.5 Å². The average molecular weight is 428 g/mol. The number of fused-ring (bicyclic) bond motifs is 4. The van der Waals surface area contributed by atoms with E-state index in [0.717, 1.165) is 22.6 Å². The van der Waals surface area contributed by atoms with Crippen molar-refractivity contribution in [2.75, 3.05) is 12.8 Å². The van der Waals surface area contributed by atoms with E-state index in [1.165, 1.54) is 6.07 Å². The van der Waals surface area contributed by atoms with Crippen LogP contribution in [0.3, 0.4) is 0 Å². The van der Waals surface area contributed by atoms with Crippen molar-refractivity contribution in [3.8, 4) is 0 Å². The number of aromatic nitrogens is 2. The molecule has 1 amide bonds. The third-order valence-electron chi connectivity index (χ3n) is 6.08. The molecule has 2 N–H and O–H groups in total. The van der Waals surface area contributed by atoms with Crippen LogP contribution in [0, 0.1) is 0 Å². The highest BCUT2D eigenvalue weighted by atomic mass is 19.4. The molecule has 1 atom stereocenters. The zero-order chi connectivity index (χ0) is 21.9. The molecule has 0 saturated carbocycles. The van der Waals surface area contributed by atoms with E-state index in [-0.39, 0.29) is 11.9 Å². The first-order valence-electron chi connectivity index (χ1n) is 9.87. The number of rotatable bonds is 2. The third kappa shape index (κ3) is 3.20. The third-order valence-corrected chi connectivity index (χ3v) is 6.08. The number of hydrogen-bond acceptors (Lipinski definition) is 5. The summed E-state index contributed by atoms with van der Waals surface area (Å²) < 4.78 is 44.4. The molecule has 0 bridgehead atoms. The summed E-state index contributed by atoms with van der Waals surface area (Å²) in [6.45, 7) is 0.809. The number of nitrogen functional groups attached to an aromatic ring is 1. The van der Waals surface area contributed by atoms with Crippen LogP contribution >= 0.6 is 0 Å². The topological polar surface area (TPSA) is 81.3 Å². The second kappa shape index (κ2) is 6.91. The van der Waals surface area contributed by atoms with Crippen LogP contribution in [0.2, 0.25) is 0 Å². The van der Waals surface area contributed by atoms with Crippen molar-refractivity contribution in [1.29, 1.82) is 0 Å². The summed E-state index contributed by atoms with van der Waals surface area (Å²) in [7, 11) is 1.67. The number of ether oxygens (including phenoxy) is 1. The predicted octanol–water partition coefficient (Wildman–Crippen LogP) is 4.02. The fourth-order valence-electron chi connectivity index (χ4n) is 4.45. The number of aryl methyl sites for hydroxylation is 1. The number of amides is 1. The minimum absolute atomic E-state index is 0.218. The number of nitrogens with zero attached hydrogens (tertiary/aromatic N) is 3. The summed E-state index contributed by atoms with van der Waals surface area (Å²) in [5.74, 6) is 0.216. The lowest BCUT2D eigenvalue weighted by Gasteiger charge is -2.25. The molecule has 6 nitrogen and oxygen atoms in total. The lowest BCUT2D eigenvalue weighted by molar-refractivity contribution is -0.141. The predicted molar refractivity (Wildman–Crippen MR) is 107 cm³/mol. The van der Waals surface area contributed by atoms with E-state index in [1.54, 1.807) is 30.1 Å². The van der Waals surface area contributed by atoms with Gasteiger partial charge in [0.2, 0.25) is 0 Å². The Morgan fingerprint density at radius 1 is 1.16 bits per heavy atom. The van der Waals surface area contributed by atoms with Gasteiger partial charge in [-0.1, -0.05) is 6.07 Å². The van der Waals surface area contributed by atoms with Crippen molar-refractivity contribution < 1.29 is 22.7 Å². The molecule has 0 fully saturated rings. The van der Waals surface area contributed by atoms with Crippen LogP contribution < -0.4 is 5.73 Å². The Kier molecular flexibility index (Phi) is 4.40. The largest absolute Gasteiger partial charge is 0.433 e. The number of halogens is 3. The van der Waals surface area contributed by atoms with Crippen LogP contribution in [0.5, 0.6) is 0 Å². The van der Waals surface area contributed by atoms with Gasteiger partial charge in [0.25, 0.3) is 5.91 Å². The number of nitrogens with two attached hydrogens (primary N) is 1. The maximum Gasteiger partial charge on any atom is 0.433 e. The van der Waals surface area contributed by atoms with E-state index in [1.807, 2.05) is 0 Å². The van der Waals surface area contributed by atoms with Gasteiger partial charge in [-0.05, 0) is 48.2 Å². The summed E-state index contributed by atoms with van der Waals surface area (Å²) >= 11 is 0. The number of carbonyl (C=O) groups is 1. The Bertz CT molecular complexity index is 1230. The normalized spacial score (nSPS) is 17.6. The first kappa shape index (κ1) is 19.7. The van der Waals surface area contributed by atoms with Crippen LogP contribution in [0.1, 0.15) is 50.9 Å². The molecule has 0 radical (unpaired) electrons. The van der Waals surface area contributed by atoms with Crippen LogP contribution in [0.4, 0.5) is 19.0 Å². The standard InChI is InChI=1S/C22H19F3N4O2/c1-29(18-6-5-16-12(18)3-7-19(27-16)22(23,24)25)21(30)11-2-4-17-13(8-11)14-9-31-10-15(14)20(26)28-17/h2-4,7-8,18H,5-6,9-10H2,1H3,(H2,26,28)/t18-/m1/s1. The molecular weight excluding hydrogens is 409 g/mol. The monoisotopic (exact) mass is 428 g/mol. The van der Waals surface area contributed by atoms with Crippen molar-refractivity contribution in [3.63, 3.8) is 0 Å². The fourth-order valence-corrected chi connectivity index (χ4v) is 4.45. The van der Waals surface area contributed by atoms with Crippen LogP contribution in [-0.4, -0.2) is 27.8 Å². The van der Waals surface area contributed by atoms with Gasteiger partial charge in [0.1, 0.15) is 11.5 Å². The van der Waals surface area contributed by atoms with Gasteiger partial charge in [0.15, 0.2) is 0 Å². The highest BCUT2D eigenvalue weighted by Crippen LogP contribution is 2.38. The number of hydrogen-bond donors (Lipinski definition) is 1. The molecule has 1 aromatic carbocycles. The molecule has 160 valence electrons. The number of carbonyl (C=O) groups excluding carboxylic acids is 1. The smallest absolute Gasteiger partial charge is 0.383 e. The zero-order valence-corrected chi connectivity index (χ0v) is 16.7. The van der Waals surface area contributed by atoms with Crippen molar-refractivity contribution in [2.45, 2.75) is 38.3 Å². The molecule has 0 unspecified atom stereocenters. The Labute approximate surface area is 175 Å². The molecular formula is C22H19F3N4O2. The van der Waals surface area contributed by atoms with Gasteiger partial charge in [0.05, 0.1) is 24.8 Å². The van der Waals surface area contributed by atoms with E-state index < -0.39 is 11.9 Å². The molecule has 3 aromatic rings. The zero-order valence-electron chi connectivity index (χ0n) is 16.7. The summed E-state index contributed by atoms with van der Waals surface area (Å²) in [4.78, 5) is 23.0. The maximum absolute atomic E-state index is 13.2. The SMILES string of the molecule is CN(C(=O)c1ccc2nc(N)c3c(c2c1)COC3)[C@@H]1CCc2nc(C(F)(F)F)ccc21. The van der Waals surface area contributed by atoms with Gasteiger partial charge < -0.3 is 15.4 Å². The summed E-state index contributed by atoms with van der Waals surface area (Å²) in [5.41, 5.74) is 9.11. The molecule has 0 spiro atoms. The summed E-state index contributed by atoms with van der Waals surface area (Å²) in [6, 6.07) is 7.32. The van der Waals surface area contributed by atoms with Crippen molar-refractivity contribution in [1.82, 2.24) is 14.9 Å². The Morgan fingerprint density at radius 2 is 1.94 bits per heavy atom. The molecule has 0 saturated heterocycles. The second-order valence-corrected chi connectivity index (χ2v) is 7.88. The lowest BCUT2D eigenvalue weighted by atomic mass is 10.0. The molecule has 2 aromatic heterocycles. The quantitative estimate of drug-likeness (QED) is 0.667. The van der Waals surface area contributed by atoms with Crippen LogP contribution in [0.25, 0.3) is 10.9 Å².